The first-order valence-corrected chi connectivity index (χ1v) is 6.66. The zero-order valence-electron chi connectivity index (χ0n) is 12.7. The Morgan fingerprint density at radius 2 is 1.67 bits per heavy atom. The van der Waals surface area contributed by atoms with E-state index in [1.165, 1.54) is 6.92 Å². The molecule has 0 aliphatic carbocycles. The molecule has 1 aromatic carbocycles. The van der Waals surface area contributed by atoms with E-state index >= 15 is 0 Å². The van der Waals surface area contributed by atoms with Crippen molar-refractivity contribution in [2.24, 2.45) is 5.92 Å². The quantitative estimate of drug-likeness (QED) is 0.473. The monoisotopic (exact) mass is 292 g/mol. The van der Waals surface area contributed by atoms with Crippen molar-refractivity contribution in [2.75, 3.05) is 6.61 Å². The molecule has 5 nitrogen and oxygen atoms in total. The van der Waals surface area contributed by atoms with Gasteiger partial charge in [0.05, 0.1) is 0 Å². The molecule has 0 bridgehead atoms. The van der Waals surface area contributed by atoms with Crippen molar-refractivity contribution < 1.29 is 23.9 Å². The number of carbonyl (C=O) groups excluding carboxylic acids is 3. The maximum absolute atomic E-state index is 12.4. The van der Waals surface area contributed by atoms with Gasteiger partial charge in [0.1, 0.15) is 12.2 Å². The predicted octanol–water partition coefficient (Wildman–Crippen LogP) is 2.39. The van der Waals surface area contributed by atoms with Crippen LogP contribution in [0.2, 0.25) is 0 Å². The van der Waals surface area contributed by atoms with Gasteiger partial charge in [-0.3, -0.25) is 14.4 Å². The molecule has 1 unspecified atom stereocenters. The number of hydrogen-bond donors (Lipinski definition) is 0. The molecule has 1 atom stereocenters. The van der Waals surface area contributed by atoms with Crippen LogP contribution in [0, 0.1) is 5.92 Å². The Kier molecular flexibility index (Phi) is 5.64. The molecule has 0 aliphatic heterocycles. The zero-order chi connectivity index (χ0) is 16.0. The van der Waals surface area contributed by atoms with Crippen LogP contribution < -0.4 is 0 Å². The zero-order valence-corrected chi connectivity index (χ0v) is 12.7. The normalized spacial score (nSPS) is 12.4. The van der Waals surface area contributed by atoms with Crippen molar-refractivity contribution in [3.63, 3.8) is 0 Å². The highest BCUT2D eigenvalue weighted by Gasteiger charge is 2.32. The van der Waals surface area contributed by atoms with E-state index in [9.17, 15) is 14.4 Å². The Labute approximate surface area is 124 Å². The molecular formula is C16H20O5. The van der Waals surface area contributed by atoms with Crippen LogP contribution in [-0.2, 0) is 19.1 Å². The average molecular weight is 292 g/mol. The molecular weight excluding hydrogens is 272 g/mol. The molecule has 114 valence electrons. The minimum absolute atomic E-state index is 0.321. The molecule has 0 radical (unpaired) electrons. The van der Waals surface area contributed by atoms with E-state index in [-0.39, 0.29) is 6.61 Å². The maximum Gasteiger partial charge on any atom is 0.320 e. The summed E-state index contributed by atoms with van der Waals surface area (Å²) in [6, 6.07) is 8.38. The van der Waals surface area contributed by atoms with Crippen LogP contribution in [0.25, 0.3) is 0 Å². The molecule has 0 N–H and O–H groups in total. The number of ether oxygens (including phenoxy) is 2. The number of benzene rings is 1. The van der Waals surface area contributed by atoms with Gasteiger partial charge in [-0.25, -0.2) is 0 Å². The summed E-state index contributed by atoms with van der Waals surface area (Å²) in [5.41, 5.74) is -0.344. The van der Waals surface area contributed by atoms with Crippen LogP contribution in [-0.4, -0.2) is 29.9 Å². The Bertz CT molecular complexity index is 513. The fourth-order valence-corrected chi connectivity index (χ4v) is 1.63. The van der Waals surface area contributed by atoms with Gasteiger partial charge in [-0.2, -0.15) is 0 Å². The molecule has 1 rings (SSSR count). The van der Waals surface area contributed by atoms with Gasteiger partial charge in [-0.15, -0.1) is 0 Å². The van der Waals surface area contributed by atoms with Gasteiger partial charge < -0.3 is 9.47 Å². The van der Waals surface area contributed by atoms with Crippen molar-refractivity contribution in [3.05, 3.63) is 35.9 Å². The number of rotatable bonds is 5. The molecule has 1 aromatic rings. The minimum atomic E-state index is -1.16. The standard InChI is InChI=1S/C16H20O5/c1-11(17)20-10-13(15(19)21-16(2,3)4)14(18)12-8-6-5-7-9-12/h5-9,13H,10H2,1-4H3. The highest BCUT2D eigenvalue weighted by molar-refractivity contribution is 6.08. The summed E-state index contributed by atoms with van der Waals surface area (Å²) < 4.78 is 10.0. The second kappa shape index (κ2) is 7.02. The van der Waals surface area contributed by atoms with Gasteiger partial charge in [-0.1, -0.05) is 30.3 Å². The summed E-state index contributed by atoms with van der Waals surface area (Å²) in [5, 5.41) is 0. The SMILES string of the molecule is CC(=O)OCC(C(=O)OC(C)(C)C)C(=O)c1ccccc1. The van der Waals surface area contributed by atoms with Crippen molar-refractivity contribution in [1.29, 1.82) is 0 Å². The van der Waals surface area contributed by atoms with Crippen LogP contribution in [0.15, 0.2) is 30.3 Å². The molecule has 5 heteroatoms. The number of esters is 2. The Morgan fingerprint density at radius 3 is 2.14 bits per heavy atom. The fraction of sp³-hybridized carbons (Fsp3) is 0.438. The first-order valence-electron chi connectivity index (χ1n) is 6.66. The van der Waals surface area contributed by atoms with Gasteiger partial charge in [0.25, 0.3) is 0 Å². The lowest BCUT2D eigenvalue weighted by Crippen LogP contribution is -2.36. The van der Waals surface area contributed by atoms with Gasteiger partial charge >= 0.3 is 11.9 Å². The van der Waals surface area contributed by atoms with Crippen molar-refractivity contribution in [3.8, 4) is 0 Å². The topological polar surface area (TPSA) is 69.7 Å². The molecule has 0 saturated heterocycles. The minimum Gasteiger partial charge on any atom is -0.464 e. The van der Waals surface area contributed by atoms with Crippen LogP contribution in [0.4, 0.5) is 0 Å². The number of Topliss-reactive ketones (excluding diaryl/α,β-unsaturated/α-hetero) is 1. The first kappa shape index (κ1) is 16.9. The van der Waals surface area contributed by atoms with Gasteiger partial charge in [-0.05, 0) is 20.8 Å². The summed E-state index contributed by atoms with van der Waals surface area (Å²) in [5.74, 6) is -2.83. The van der Waals surface area contributed by atoms with Gasteiger partial charge in [0, 0.05) is 12.5 Å². The van der Waals surface area contributed by atoms with E-state index in [2.05, 4.69) is 0 Å². The average Bonchev–Trinajstić information content (AvgIpc) is 2.37. The summed E-state index contributed by atoms with van der Waals surface area (Å²) >= 11 is 0. The maximum atomic E-state index is 12.4. The number of carbonyl (C=O) groups is 3. The van der Waals surface area contributed by atoms with Gasteiger partial charge in [0.2, 0.25) is 0 Å². The smallest absolute Gasteiger partial charge is 0.320 e. The molecule has 0 heterocycles. The van der Waals surface area contributed by atoms with Crippen molar-refractivity contribution in [2.45, 2.75) is 33.3 Å². The second-order valence-electron chi connectivity index (χ2n) is 5.62. The van der Waals surface area contributed by atoms with E-state index < -0.39 is 29.2 Å². The van der Waals surface area contributed by atoms with E-state index in [4.69, 9.17) is 9.47 Å². The Morgan fingerprint density at radius 1 is 1.10 bits per heavy atom. The van der Waals surface area contributed by atoms with Crippen molar-refractivity contribution in [1.82, 2.24) is 0 Å². The number of ketones is 1. The first-order chi connectivity index (χ1) is 9.70. The lowest BCUT2D eigenvalue weighted by Gasteiger charge is -2.23. The summed E-state index contributed by atoms with van der Waals surface area (Å²) in [7, 11) is 0. The lowest BCUT2D eigenvalue weighted by molar-refractivity contribution is -0.161. The third-order valence-electron chi connectivity index (χ3n) is 2.52. The summed E-state index contributed by atoms with van der Waals surface area (Å²) in [4.78, 5) is 35.5. The predicted molar refractivity (Wildman–Crippen MR) is 76.7 cm³/mol. The third-order valence-corrected chi connectivity index (χ3v) is 2.52. The molecule has 0 aliphatic rings. The van der Waals surface area contributed by atoms with Crippen LogP contribution in [0.3, 0.4) is 0 Å². The summed E-state index contributed by atoms with van der Waals surface area (Å²) in [6.45, 7) is 6.03. The molecule has 0 spiro atoms. The van der Waals surface area contributed by atoms with Crippen LogP contribution >= 0.6 is 0 Å². The molecule has 0 saturated carbocycles. The highest BCUT2D eigenvalue weighted by atomic mass is 16.6. The Hall–Kier alpha value is -2.17. The Balaban J connectivity index is 2.93. The number of hydrogen-bond acceptors (Lipinski definition) is 5. The van der Waals surface area contributed by atoms with Crippen LogP contribution in [0.5, 0.6) is 0 Å². The molecule has 0 amide bonds. The van der Waals surface area contributed by atoms with E-state index in [0.717, 1.165) is 0 Å². The summed E-state index contributed by atoms with van der Waals surface area (Å²) in [6.07, 6.45) is 0. The molecule has 0 fully saturated rings. The van der Waals surface area contributed by atoms with E-state index in [0.29, 0.717) is 5.56 Å². The molecule has 21 heavy (non-hydrogen) atoms. The highest BCUT2D eigenvalue weighted by Crippen LogP contribution is 2.16. The molecule has 0 aromatic heterocycles. The van der Waals surface area contributed by atoms with E-state index in [1.54, 1.807) is 51.1 Å². The van der Waals surface area contributed by atoms with Crippen molar-refractivity contribution >= 4 is 17.7 Å². The largest absolute Gasteiger partial charge is 0.464 e. The fourth-order valence-electron chi connectivity index (χ4n) is 1.63. The van der Waals surface area contributed by atoms with Crippen LogP contribution in [0.1, 0.15) is 38.1 Å². The lowest BCUT2D eigenvalue weighted by atomic mass is 9.98. The third kappa shape index (κ3) is 5.77. The van der Waals surface area contributed by atoms with Gasteiger partial charge in [0.15, 0.2) is 11.7 Å². The second-order valence-corrected chi connectivity index (χ2v) is 5.62. The van der Waals surface area contributed by atoms with E-state index in [1.807, 2.05) is 0 Å².